The molecule has 3 heterocycles. The van der Waals surface area contributed by atoms with Crippen molar-refractivity contribution in [2.45, 2.75) is 94.6 Å². The molecule has 1 aromatic carbocycles. The first-order chi connectivity index (χ1) is 18.0. The monoisotopic (exact) mass is 552 g/mol. The summed E-state index contributed by atoms with van der Waals surface area (Å²) in [6.45, 7) is 1.67. The fraction of sp³-hybridized carbons (Fsp3) is 0.692. The lowest BCUT2D eigenvalue weighted by atomic mass is 10.0. The Kier molecular flexibility index (Phi) is 11.0. The summed E-state index contributed by atoms with van der Waals surface area (Å²) in [5.74, 6) is 1.76. The minimum atomic E-state index is -3.25. The summed E-state index contributed by atoms with van der Waals surface area (Å²) in [6, 6.07) is 7.99. The van der Waals surface area contributed by atoms with Gasteiger partial charge in [-0.1, -0.05) is 56.7 Å². The molecule has 4 rings (SSSR count). The van der Waals surface area contributed by atoms with E-state index in [1.807, 2.05) is 36.0 Å². The van der Waals surface area contributed by atoms with Gasteiger partial charge in [-0.2, -0.15) is 11.8 Å². The van der Waals surface area contributed by atoms with Gasteiger partial charge in [-0.25, -0.2) is 14.4 Å². The Bertz CT molecular complexity index is 951. The average Bonchev–Trinajstić information content (AvgIpc) is 3.44. The van der Waals surface area contributed by atoms with Crippen LogP contribution in [0.3, 0.4) is 0 Å². The molecule has 3 aliphatic heterocycles. The van der Waals surface area contributed by atoms with E-state index in [1.165, 1.54) is 6.42 Å². The quantitative estimate of drug-likeness (QED) is 0.131. The number of carbonyl (C=O) groups is 2. The first-order valence-corrected chi connectivity index (χ1v) is 16.3. The van der Waals surface area contributed by atoms with Crippen molar-refractivity contribution in [2.75, 3.05) is 18.8 Å². The standard InChI is InChI=1S/C26H41N4O5PS/c31-24(15-9-8-14-23-25-21(19-37-23)29-26(32)30-25)27-16-10-4-2-1-3-5-11-17-28-36(33)34-18-20-12-6-7-13-22(20)35-36/h6-7,12-13,21,23,25H,1-5,8-11,14-19H2,(H,27,31)(H,28,33)(H2,29,30,32)/t21-,23-,25-,36?/m0/s1. The molecule has 0 saturated carbocycles. The zero-order valence-corrected chi connectivity index (χ0v) is 23.3. The van der Waals surface area contributed by atoms with E-state index in [0.29, 0.717) is 30.6 Å². The Balaban J connectivity index is 0.915. The molecular weight excluding hydrogens is 511 g/mol. The van der Waals surface area contributed by atoms with Gasteiger partial charge in [0.1, 0.15) is 5.75 Å². The van der Waals surface area contributed by atoms with Gasteiger partial charge < -0.3 is 20.5 Å². The highest BCUT2D eigenvalue weighted by molar-refractivity contribution is 8.00. The van der Waals surface area contributed by atoms with E-state index >= 15 is 0 Å². The van der Waals surface area contributed by atoms with Crippen molar-refractivity contribution in [2.24, 2.45) is 0 Å². The number of amides is 3. The molecule has 37 heavy (non-hydrogen) atoms. The zero-order chi connectivity index (χ0) is 25.9. The van der Waals surface area contributed by atoms with E-state index in [2.05, 4.69) is 21.0 Å². The fourth-order valence-electron chi connectivity index (χ4n) is 5.04. The molecule has 4 N–H and O–H groups in total. The van der Waals surface area contributed by atoms with Gasteiger partial charge in [-0.3, -0.25) is 9.32 Å². The van der Waals surface area contributed by atoms with E-state index in [-0.39, 0.29) is 24.0 Å². The van der Waals surface area contributed by atoms with Crippen molar-refractivity contribution in [3.8, 4) is 5.75 Å². The molecule has 4 atom stereocenters. The number of rotatable bonds is 16. The van der Waals surface area contributed by atoms with Crippen LogP contribution in [0.5, 0.6) is 5.75 Å². The Morgan fingerprint density at radius 2 is 1.76 bits per heavy atom. The molecule has 1 aromatic rings. The summed E-state index contributed by atoms with van der Waals surface area (Å²) < 4.78 is 23.6. The van der Waals surface area contributed by atoms with Crippen LogP contribution < -0.4 is 25.6 Å². The van der Waals surface area contributed by atoms with Crippen LogP contribution in [0.4, 0.5) is 4.79 Å². The molecule has 206 valence electrons. The molecule has 11 heteroatoms. The molecule has 9 nitrogen and oxygen atoms in total. The molecular formula is C26H41N4O5PS. The number of thioether (sulfide) groups is 1. The number of nitrogens with one attached hydrogen (secondary N) is 4. The van der Waals surface area contributed by atoms with E-state index in [1.54, 1.807) is 0 Å². The second kappa shape index (κ2) is 14.4. The number of urea groups is 1. The van der Waals surface area contributed by atoms with Gasteiger partial charge in [0.15, 0.2) is 0 Å². The maximum absolute atomic E-state index is 12.7. The van der Waals surface area contributed by atoms with Crippen molar-refractivity contribution in [3.05, 3.63) is 29.8 Å². The summed E-state index contributed by atoms with van der Waals surface area (Å²) in [7, 11) is -3.25. The Hall–Kier alpha value is -1.74. The highest BCUT2D eigenvalue weighted by Gasteiger charge is 2.42. The lowest BCUT2D eigenvalue weighted by Gasteiger charge is -2.25. The predicted molar refractivity (Wildman–Crippen MR) is 147 cm³/mol. The summed E-state index contributed by atoms with van der Waals surface area (Å²) in [5.41, 5.74) is 0.919. The van der Waals surface area contributed by atoms with E-state index in [4.69, 9.17) is 9.05 Å². The van der Waals surface area contributed by atoms with Gasteiger partial charge >= 0.3 is 13.8 Å². The Morgan fingerprint density at radius 3 is 2.59 bits per heavy atom. The minimum Gasteiger partial charge on any atom is -0.413 e. The first kappa shape index (κ1) is 28.3. The number of carbonyl (C=O) groups excluding carboxylic acids is 2. The molecule has 0 aliphatic carbocycles. The third-order valence-corrected chi connectivity index (χ3v) is 10.2. The number of unbranched alkanes of at least 4 members (excludes halogenated alkanes) is 7. The topological polar surface area (TPSA) is 118 Å². The van der Waals surface area contributed by atoms with E-state index < -0.39 is 7.75 Å². The molecule has 3 aliphatic rings. The van der Waals surface area contributed by atoms with Gasteiger partial charge in [0, 0.05) is 36.1 Å². The number of para-hydroxylation sites is 1. The molecule has 0 aromatic heterocycles. The highest BCUT2D eigenvalue weighted by Crippen LogP contribution is 2.50. The van der Waals surface area contributed by atoms with Crippen LogP contribution >= 0.6 is 19.5 Å². The number of hydrogen-bond donors (Lipinski definition) is 4. The normalized spacial score (nSPS) is 26.1. The SMILES string of the molecule is O=C(CCCC[C@@H]1SC[C@@H]2NC(=O)N[C@@H]21)NCCCCCCCCCNP1(=O)OCc2ccccc2O1. The average molecular weight is 553 g/mol. The highest BCUT2D eigenvalue weighted by atomic mass is 32.2. The maximum atomic E-state index is 12.7. The summed E-state index contributed by atoms with van der Waals surface area (Å²) in [6.07, 6.45) is 11.2. The molecule has 2 saturated heterocycles. The van der Waals surface area contributed by atoms with Crippen LogP contribution in [0.25, 0.3) is 0 Å². The fourth-order valence-corrected chi connectivity index (χ4v) is 7.97. The first-order valence-electron chi connectivity index (χ1n) is 13.7. The molecule has 0 radical (unpaired) electrons. The molecule has 2 fully saturated rings. The third kappa shape index (κ3) is 8.91. The molecule has 0 bridgehead atoms. The van der Waals surface area contributed by atoms with Gasteiger partial charge in [0.25, 0.3) is 0 Å². The third-order valence-electron chi connectivity index (χ3n) is 7.14. The van der Waals surface area contributed by atoms with Crippen molar-refractivity contribution >= 4 is 31.4 Å². The number of hydrogen-bond acceptors (Lipinski definition) is 6. The lowest BCUT2D eigenvalue weighted by Crippen LogP contribution is -2.36. The largest absolute Gasteiger partial charge is 0.459 e. The smallest absolute Gasteiger partial charge is 0.413 e. The molecule has 1 unspecified atom stereocenters. The van der Waals surface area contributed by atoms with Crippen LogP contribution in [0, 0.1) is 0 Å². The van der Waals surface area contributed by atoms with Crippen molar-refractivity contribution in [3.63, 3.8) is 0 Å². The van der Waals surface area contributed by atoms with Gasteiger partial charge in [0.05, 0.1) is 18.7 Å². The summed E-state index contributed by atoms with van der Waals surface area (Å²) >= 11 is 1.93. The minimum absolute atomic E-state index is 0.0423. The van der Waals surface area contributed by atoms with Gasteiger partial charge in [-0.15, -0.1) is 0 Å². The number of fused-ring (bicyclic) bond motifs is 2. The second-order valence-electron chi connectivity index (χ2n) is 10.1. The number of benzene rings is 1. The van der Waals surface area contributed by atoms with Gasteiger partial charge in [0.2, 0.25) is 5.91 Å². The van der Waals surface area contributed by atoms with Crippen molar-refractivity contribution < 1.29 is 23.2 Å². The maximum Gasteiger partial charge on any atom is 0.459 e. The lowest BCUT2D eigenvalue weighted by molar-refractivity contribution is -0.121. The van der Waals surface area contributed by atoms with Crippen LogP contribution in [0.2, 0.25) is 0 Å². The predicted octanol–water partition coefficient (Wildman–Crippen LogP) is 4.87. The molecule has 3 amide bonds. The second-order valence-corrected chi connectivity index (χ2v) is 13.1. The summed E-state index contributed by atoms with van der Waals surface area (Å²) in [4.78, 5) is 23.5. The van der Waals surface area contributed by atoms with Crippen molar-refractivity contribution in [1.82, 2.24) is 21.0 Å². The molecule has 0 spiro atoms. The zero-order valence-electron chi connectivity index (χ0n) is 21.5. The van der Waals surface area contributed by atoms with Crippen LogP contribution in [-0.2, 0) is 20.5 Å². The van der Waals surface area contributed by atoms with Crippen LogP contribution in [0.1, 0.15) is 76.2 Å². The van der Waals surface area contributed by atoms with Crippen molar-refractivity contribution in [1.29, 1.82) is 0 Å². The Labute approximate surface area is 224 Å². The van der Waals surface area contributed by atoms with E-state index in [0.717, 1.165) is 75.6 Å². The van der Waals surface area contributed by atoms with Crippen LogP contribution in [0.15, 0.2) is 24.3 Å². The Morgan fingerprint density at radius 1 is 1.00 bits per heavy atom. The van der Waals surface area contributed by atoms with Crippen LogP contribution in [-0.4, -0.2) is 48.1 Å². The van der Waals surface area contributed by atoms with Gasteiger partial charge in [-0.05, 0) is 31.7 Å². The summed E-state index contributed by atoms with van der Waals surface area (Å²) in [5, 5.41) is 12.5. The van der Waals surface area contributed by atoms with E-state index in [9.17, 15) is 14.2 Å².